The van der Waals surface area contributed by atoms with Crippen molar-refractivity contribution in [1.82, 2.24) is 25.1 Å². The topological polar surface area (TPSA) is 92.7 Å². The molecular formula is C20H17N5O2. The van der Waals surface area contributed by atoms with Crippen LogP contribution in [0.2, 0.25) is 0 Å². The molecule has 134 valence electrons. The van der Waals surface area contributed by atoms with Crippen LogP contribution in [0.15, 0.2) is 72.0 Å². The molecule has 2 N–H and O–H groups in total. The van der Waals surface area contributed by atoms with Crippen LogP contribution in [0, 0.1) is 0 Å². The molecule has 0 saturated carbocycles. The lowest BCUT2D eigenvalue weighted by Gasteiger charge is -2.15. The van der Waals surface area contributed by atoms with Gasteiger partial charge in [-0.1, -0.05) is 30.3 Å². The average molecular weight is 359 g/mol. The highest BCUT2D eigenvalue weighted by Gasteiger charge is 2.15. The molecule has 0 aliphatic carbocycles. The van der Waals surface area contributed by atoms with E-state index >= 15 is 0 Å². The molecule has 0 unspecified atom stereocenters. The molecule has 4 rings (SSSR count). The van der Waals surface area contributed by atoms with Crippen LogP contribution in [0.3, 0.4) is 0 Å². The molecule has 0 aliphatic rings. The van der Waals surface area contributed by atoms with E-state index in [1.165, 1.54) is 12.4 Å². The van der Waals surface area contributed by atoms with Crippen molar-refractivity contribution >= 4 is 16.8 Å². The first kappa shape index (κ1) is 16.7. The van der Waals surface area contributed by atoms with E-state index in [9.17, 15) is 9.59 Å². The number of hydrogen-bond donors (Lipinski definition) is 2. The molecule has 2 aromatic carbocycles. The second kappa shape index (κ2) is 6.87. The number of carbonyl (C=O) groups is 1. The Morgan fingerprint density at radius 2 is 1.93 bits per heavy atom. The number of amides is 1. The summed E-state index contributed by atoms with van der Waals surface area (Å²) in [6, 6.07) is 16.0. The number of rotatable bonds is 4. The van der Waals surface area contributed by atoms with E-state index in [0.717, 1.165) is 11.3 Å². The summed E-state index contributed by atoms with van der Waals surface area (Å²) < 4.78 is 1.66. The zero-order chi connectivity index (χ0) is 18.8. The number of benzene rings is 2. The molecule has 0 saturated heterocycles. The summed E-state index contributed by atoms with van der Waals surface area (Å²) in [6.45, 7) is 1.90. The highest BCUT2D eigenvalue weighted by Crippen LogP contribution is 2.18. The third kappa shape index (κ3) is 3.35. The van der Waals surface area contributed by atoms with E-state index in [0.29, 0.717) is 16.5 Å². The zero-order valence-corrected chi connectivity index (χ0v) is 14.6. The van der Waals surface area contributed by atoms with Gasteiger partial charge in [0.25, 0.3) is 5.91 Å². The van der Waals surface area contributed by atoms with E-state index in [2.05, 4.69) is 20.4 Å². The van der Waals surface area contributed by atoms with Gasteiger partial charge in [-0.05, 0) is 30.7 Å². The Labute approximate surface area is 154 Å². The zero-order valence-electron chi connectivity index (χ0n) is 14.6. The maximum atomic E-state index is 12.8. The minimum absolute atomic E-state index is 0.222. The van der Waals surface area contributed by atoms with Crippen molar-refractivity contribution < 1.29 is 4.79 Å². The number of hydrogen-bond acceptors (Lipinski definition) is 4. The first-order chi connectivity index (χ1) is 13.1. The summed E-state index contributed by atoms with van der Waals surface area (Å²) >= 11 is 0. The molecule has 1 atom stereocenters. The summed E-state index contributed by atoms with van der Waals surface area (Å²) in [5.74, 6) is -0.287. The van der Waals surface area contributed by atoms with Gasteiger partial charge in [-0.15, -0.1) is 0 Å². The van der Waals surface area contributed by atoms with E-state index in [4.69, 9.17) is 0 Å². The van der Waals surface area contributed by atoms with Crippen molar-refractivity contribution in [2.45, 2.75) is 13.0 Å². The molecule has 4 aromatic rings. The summed E-state index contributed by atoms with van der Waals surface area (Å²) in [6.07, 6.45) is 3.10. The van der Waals surface area contributed by atoms with Crippen LogP contribution in [0.4, 0.5) is 0 Å². The Morgan fingerprint density at radius 1 is 1.15 bits per heavy atom. The standard InChI is InChI=1S/C20H17N5O2/c1-13(14-6-8-15(9-7-14)25-12-21-11-22-25)23-20(27)17-10-19(26)24-18-5-3-2-4-16(17)18/h2-13H,1H3,(H,23,27)(H,24,26)/t13-/m0/s1. The fourth-order valence-electron chi connectivity index (χ4n) is 3.01. The summed E-state index contributed by atoms with van der Waals surface area (Å²) in [5.41, 5.74) is 2.53. The number of nitrogens with one attached hydrogen (secondary N) is 2. The van der Waals surface area contributed by atoms with Crippen molar-refractivity contribution in [3.63, 3.8) is 0 Å². The number of fused-ring (bicyclic) bond motifs is 1. The molecule has 7 nitrogen and oxygen atoms in total. The largest absolute Gasteiger partial charge is 0.345 e. The number of pyridine rings is 1. The molecular weight excluding hydrogens is 342 g/mol. The van der Waals surface area contributed by atoms with Gasteiger partial charge in [-0.3, -0.25) is 9.59 Å². The number of aromatic nitrogens is 4. The van der Waals surface area contributed by atoms with Gasteiger partial charge in [0.1, 0.15) is 12.7 Å². The van der Waals surface area contributed by atoms with Crippen LogP contribution < -0.4 is 10.9 Å². The number of nitrogens with zero attached hydrogens (tertiary/aromatic N) is 3. The Bertz CT molecular complexity index is 1150. The van der Waals surface area contributed by atoms with Crippen LogP contribution in [0.25, 0.3) is 16.6 Å². The van der Waals surface area contributed by atoms with Crippen LogP contribution in [-0.2, 0) is 0 Å². The second-order valence-corrected chi connectivity index (χ2v) is 6.22. The summed E-state index contributed by atoms with van der Waals surface area (Å²) in [4.78, 5) is 31.3. The molecule has 0 bridgehead atoms. The molecule has 0 spiro atoms. The average Bonchev–Trinajstić information content (AvgIpc) is 3.22. The fourth-order valence-corrected chi connectivity index (χ4v) is 3.01. The Balaban J connectivity index is 1.57. The van der Waals surface area contributed by atoms with E-state index in [1.54, 1.807) is 17.1 Å². The van der Waals surface area contributed by atoms with Crippen LogP contribution >= 0.6 is 0 Å². The highest BCUT2D eigenvalue weighted by atomic mass is 16.2. The quantitative estimate of drug-likeness (QED) is 0.586. The van der Waals surface area contributed by atoms with E-state index in [-0.39, 0.29) is 17.5 Å². The van der Waals surface area contributed by atoms with Gasteiger partial charge in [0.2, 0.25) is 5.56 Å². The maximum absolute atomic E-state index is 12.8. The molecule has 7 heteroatoms. The lowest BCUT2D eigenvalue weighted by Crippen LogP contribution is -2.28. The third-order valence-electron chi connectivity index (χ3n) is 4.42. The molecule has 27 heavy (non-hydrogen) atoms. The number of carbonyl (C=O) groups excluding carboxylic acids is 1. The molecule has 0 aliphatic heterocycles. The minimum Gasteiger partial charge on any atom is -0.345 e. The number of H-pyrrole nitrogens is 1. The smallest absolute Gasteiger partial charge is 0.252 e. The Hall–Kier alpha value is -3.74. The van der Waals surface area contributed by atoms with Crippen LogP contribution in [-0.4, -0.2) is 25.7 Å². The Kier molecular flexibility index (Phi) is 4.25. The Morgan fingerprint density at radius 3 is 2.67 bits per heavy atom. The van der Waals surface area contributed by atoms with Gasteiger partial charge in [0.15, 0.2) is 0 Å². The normalized spacial score (nSPS) is 12.0. The van der Waals surface area contributed by atoms with Gasteiger partial charge in [0.05, 0.1) is 17.3 Å². The lowest BCUT2D eigenvalue weighted by molar-refractivity contribution is 0.0941. The third-order valence-corrected chi connectivity index (χ3v) is 4.42. The minimum atomic E-state index is -0.302. The fraction of sp³-hybridized carbons (Fsp3) is 0.100. The maximum Gasteiger partial charge on any atom is 0.252 e. The molecule has 2 aromatic heterocycles. The summed E-state index contributed by atoms with van der Waals surface area (Å²) in [5, 5.41) is 7.76. The van der Waals surface area contributed by atoms with Crippen molar-refractivity contribution in [2.75, 3.05) is 0 Å². The van der Waals surface area contributed by atoms with Gasteiger partial charge in [-0.25, -0.2) is 9.67 Å². The summed E-state index contributed by atoms with van der Waals surface area (Å²) in [7, 11) is 0. The SMILES string of the molecule is C[C@H](NC(=O)c1cc(=O)[nH]c2ccccc12)c1ccc(-n2cncn2)cc1. The number of para-hydroxylation sites is 1. The van der Waals surface area contributed by atoms with Crippen molar-refractivity contribution in [2.24, 2.45) is 0 Å². The van der Waals surface area contributed by atoms with Crippen molar-refractivity contribution in [3.8, 4) is 5.69 Å². The van der Waals surface area contributed by atoms with Gasteiger partial charge >= 0.3 is 0 Å². The molecule has 0 fully saturated rings. The van der Waals surface area contributed by atoms with Gasteiger partial charge < -0.3 is 10.3 Å². The van der Waals surface area contributed by atoms with Gasteiger partial charge in [0, 0.05) is 17.0 Å². The first-order valence-electron chi connectivity index (χ1n) is 8.50. The van der Waals surface area contributed by atoms with E-state index < -0.39 is 0 Å². The predicted octanol–water partition coefficient (Wildman–Crippen LogP) is 2.60. The van der Waals surface area contributed by atoms with Crippen LogP contribution in [0.1, 0.15) is 28.9 Å². The lowest BCUT2D eigenvalue weighted by atomic mass is 10.1. The van der Waals surface area contributed by atoms with Crippen molar-refractivity contribution in [3.05, 3.63) is 88.7 Å². The molecule has 0 radical (unpaired) electrons. The van der Waals surface area contributed by atoms with E-state index in [1.807, 2.05) is 49.4 Å². The highest BCUT2D eigenvalue weighted by molar-refractivity contribution is 6.06. The number of aromatic amines is 1. The first-order valence-corrected chi connectivity index (χ1v) is 8.50. The molecule has 1 amide bonds. The second-order valence-electron chi connectivity index (χ2n) is 6.22. The predicted molar refractivity (Wildman–Crippen MR) is 102 cm³/mol. The van der Waals surface area contributed by atoms with Crippen LogP contribution in [0.5, 0.6) is 0 Å². The monoisotopic (exact) mass is 359 g/mol. The van der Waals surface area contributed by atoms with Crippen molar-refractivity contribution in [1.29, 1.82) is 0 Å². The van der Waals surface area contributed by atoms with Gasteiger partial charge in [-0.2, -0.15) is 5.10 Å². The molecule has 2 heterocycles.